The van der Waals surface area contributed by atoms with Crippen molar-refractivity contribution in [1.29, 1.82) is 0 Å². The number of pyridine rings is 2. The molecule has 0 unspecified atom stereocenters. The predicted octanol–water partition coefficient (Wildman–Crippen LogP) is 5.38. The highest BCUT2D eigenvalue weighted by molar-refractivity contribution is 7.92. The minimum Gasteiger partial charge on any atom is -0.337 e. The van der Waals surface area contributed by atoms with Crippen LogP contribution in [0.25, 0.3) is 0 Å². The topological polar surface area (TPSA) is 75.2 Å². The lowest BCUT2D eigenvalue weighted by atomic mass is 10.0. The second-order valence-corrected chi connectivity index (χ2v) is 9.75. The molecule has 0 bridgehead atoms. The lowest BCUT2D eigenvalue weighted by Gasteiger charge is -2.23. The molecule has 10 heteroatoms. The molecule has 2 aromatic heterocycles. The molecule has 0 fully saturated rings. The molecular formula is C22H21F3N4O2S. The van der Waals surface area contributed by atoms with E-state index in [9.17, 15) is 21.6 Å². The first-order valence-electron chi connectivity index (χ1n) is 9.91. The van der Waals surface area contributed by atoms with Gasteiger partial charge >= 0.3 is 6.18 Å². The molecule has 1 aromatic carbocycles. The summed E-state index contributed by atoms with van der Waals surface area (Å²) in [5, 5.41) is 2.84. The van der Waals surface area contributed by atoms with Crippen LogP contribution in [0.4, 0.5) is 30.5 Å². The number of alkyl halides is 3. The molecular weight excluding hydrogens is 441 g/mol. The van der Waals surface area contributed by atoms with Gasteiger partial charge in [-0.25, -0.2) is 22.7 Å². The van der Waals surface area contributed by atoms with Crippen LogP contribution in [0, 0.1) is 6.92 Å². The lowest BCUT2D eigenvalue weighted by Crippen LogP contribution is -2.31. The Morgan fingerprint density at radius 1 is 1.00 bits per heavy atom. The zero-order chi connectivity index (χ0) is 23.3. The molecule has 3 heterocycles. The van der Waals surface area contributed by atoms with Crippen LogP contribution in [0.1, 0.15) is 42.3 Å². The third-order valence-electron chi connectivity index (χ3n) is 5.22. The summed E-state index contributed by atoms with van der Waals surface area (Å²) in [5.74, 6) is 0.282. The third kappa shape index (κ3) is 4.02. The van der Waals surface area contributed by atoms with Crippen molar-refractivity contribution in [2.45, 2.75) is 44.3 Å². The minimum atomic E-state index is -4.62. The standard InChI is InChI=1S/C22H21F3N4O2S/c1-13(2)15-5-8-17(9-6-15)32(30,31)29-12-16-7-11-19(22(23,24)25)28-20(16)27-18-10-4-14(3)26-21(18)29/h4-11,13H,12H2,1-3H3,(H,27,28). The van der Waals surface area contributed by atoms with Crippen LogP contribution in [0.3, 0.4) is 0 Å². The summed E-state index contributed by atoms with van der Waals surface area (Å²) in [6, 6.07) is 11.9. The zero-order valence-corrected chi connectivity index (χ0v) is 18.4. The van der Waals surface area contributed by atoms with Gasteiger partial charge in [0.2, 0.25) is 0 Å². The van der Waals surface area contributed by atoms with E-state index in [1.54, 1.807) is 31.2 Å². The second kappa shape index (κ2) is 7.77. The molecule has 1 aliphatic rings. The van der Waals surface area contributed by atoms with Crippen LogP contribution in [0.2, 0.25) is 0 Å². The first-order chi connectivity index (χ1) is 15.0. The van der Waals surface area contributed by atoms with Gasteiger partial charge < -0.3 is 5.32 Å². The molecule has 32 heavy (non-hydrogen) atoms. The Hall–Kier alpha value is -3.14. The van der Waals surface area contributed by atoms with Crippen molar-refractivity contribution in [1.82, 2.24) is 9.97 Å². The first kappa shape index (κ1) is 22.1. The van der Waals surface area contributed by atoms with Crippen molar-refractivity contribution in [2.75, 3.05) is 9.62 Å². The number of benzene rings is 1. The highest BCUT2D eigenvalue weighted by Gasteiger charge is 2.36. The molecule has 0 atom stereocenters. The Kier molecular flexibility index (Phi) is 5.36. The van der Waals surface area contributed by atoms with Gasteiger partial charge in [0.25, 0.3) is 10.0 Å². The molecule has 4 rings (SSSR count). The number of sulfonamides is 1. The largest absolute Gasteiger partial charge is 0.433 e. The van der Waals surface area contributed by atoms with Crippen molar-refractivity contribution < 1.29 is 21.6 Å². The van der Waals surface area contributed by atoms with Crippen molar-refractivity contribution in [3.8, 4) is 0 Å². The van der Waals surface area contributed by atoms with Crippen molar-refractivity contribution >= 4 is 27.3 Å². The quantitative estimate of drug-likeness (QED) is 0.566. The maximum absolute atomic E-state index is 13.6. The van der Waals surface area contributed by atoms with Crippen LogP contribution in [0.5, 0.6) is 0 Å². The average Bonchev–Trinajstić information content (AvgIpc) is 2.89. The fourth-order valence-corrected chi connectivity index (χ4v) is 4.83. The first-order valence-corrected chi connectivity index (χ1v) is 11.4. The summed E-state index contributed by atoms with van der Waals surface area (Å²) in [4.78, 5) is 8.15. The molecule has 0 amide bonds. The Morgan fingerprint density at radius 2 is 1.69 bits per heavy atom. The summed E-state index contributed by atoms with van der Waals surface area (Å²) in [6.45, 7) is 5.50. The Bertz CT molecular complexity index is 1270. The maximum atomic E-state index is 13.6. The van der Waals surface area contributed by atoms with Crippen LogP contribution >= 0.6 is 0 Å². The van der Waals surface area contributed by atoms with Gasteiger partial charge in [-0.15, -0.1) is 0 Å². The van der Waals surface area contributed by atoms with E-state index in [-0.39, 0.29) is 34.7 Å². The maximum Gasteiger partial charge on any atom is 0.433 e. The number of rotatable bonds is 3. The highest BCUT2D eigenvalue weighted by atomic mass is 32.2. The van der Waals surface area contributed by atoms with E-state index in [1.807, 2.05) is 13.8 Å². The molecule has 0 aliphatic carbocycles. The molecule has 0 spiro atoms. The molecule has 168 valence electrons. The van der Waals surface area contributed by atoms with E-state index < -0.39 is 21.9 Å². The van der Waals surface area contributed by atoms with E-state index in [2.05, 4.69) is 15.3 Å². The van der Waals surface area contributed by atoms with Gasteiger partial charge in [-0.05, 0) is 48.7 Å². The van der Waals surface area contributed by atoms with Gasteiger partial charge in [0, 0.05) is 11.3 Å². The second-order valence-electron chi connectivity index (χ2n) is 7.89. The van der Waals surface area contributed by atoms with E-state index in [0.29, 0.717) is 11.3 Å². The summed E-state index contributed by atoms with van der Waals surface area (Å²) < 4.78 is 67.8. The van der Waals surface area contributed by atoms with E-state index in [0.717, 1.165) is 15.9 Å². The number of aromatic nitrogens is 2. The van der Waals surface area contributed by atoms with Gasteiger partial charge in [-0.3, -0.25) is 0 Å². The monoisotopic (exact) mass is 462 g/mol. The molecule has 0 saturated carbocycles. The fraction of sp³-hybridized carbons (Fsp3) is 0.273. The Balaban J connectivity index is 1.85. The SMILES string of the molecule is Cc1ccc2c(n1)N(S(=O)(=O)c1ccc(C(C)C)cc1)Cc1ccc(C(F)(F)F)nc1N2. The Labute approximate surface area is 184 Å². The van der Waals surface area contributed by atoms with Gasteiger partial charge in [0.05, 0.1) is 17.1 Å². The van der Waals surface area contributed by atoms with Gasteiger partial charge in [0.1, 0.15) is 11.5 Å². The number of fused-ring (bicyclic) bond motifs is 2. The Morgan fingerprint density at radius 3 is 2.31 bits per heavy atom. The smallest absolute Gasteiger partial charge is 0.337 e. The normalized spacial score (nSPS) is 13.9. The number of halogens is 3. The fourth-order valence-electron chi connectivity index (χ4n) is 3.42. The van der Waals surface area contributed by atoms with E-state index >= 15 is 0 Å². The van der Waals surface area contributed by atoms with Gasteiger partial charge in [0.15, 0.2) is 5.82 Å². The highest BCUT2D eigenvalue weighted by Crippen LogP contribution is 2.38. The molecule has 0 saturated heterocycles. The van der Waals surface area contributed by atoms with E-state index in [4.69, 9.17) is 0 Å². The van der Waals surface area contributed by atoms with Crippen LogP contribution in [-0.4, -0.2) is 18.4 Å². The summed E-state index contributed by atoms with van der Waals surface area (Å²) >= 11 is 0. The molecule has 1 aliphatic heterocycles. The van der Waals surface area contributed by atoms with Crippen molar-refractivity contribution in [3.63, 3.8) is 0 Å². The number of aryl methyl sites for hydroxylation is 1. The number of hydrogen-bond donors (Lipinski definition) is 1. The average molecular weight is 462 g/mol. The van der Waals surface area contributed by atoms with Crippen LogP contribution < -0.4 is 9.62 Å². The van der Waals surface area contributed by atoms with Crippen molar-refractivity contribution in [2.24, 2.45) is 0 Å². The summed E-state index contributed by atoms with van der Waals surface area (Å²) in [6.07, 6.45) is -4.62. The van der Waals surface area contributed by atoms with Gasteiger partial charge in [-0.2, -0.15) is 13.2 Å². The lowest BCUT2D eigenvalue weighted by molar-refractivity contribution is -0.141. The van der Waals surface area contributed by atoms with Crippen molar-refractivity contribution in [3.05, 3.63) is 71.0 Å². The zero-order valence-electron chi connectivity index (χ0n) is 17.6. The van der Waals surface area contributed by atoms with Crippen LogP contribution in [-0.2, 0) is 22.7 Å². The predicted molar refractivity (Wildman–Crippen MR) is 115 cm³/mol. The summed E-state index contributed by atoms with van der Waals surface area (Å²) in [7, 11) is -4.06. The number of anilines is 3. The molecule has 0 radical (unpaired) electrons. The number of nitrogens with one attached hydrogen (secondary N) is 1. The molecule has 1 N–H and O–H groups in total. The van der Waals surface area contributed by atoms with Gasteiger partial charge in [-0.1, -0.05) is 32.0 Å². The third-order valence-corrected chi connectivity index (χ3v) is 6.97. The molecule has 6 nitrogen and oxygen atoms in total. The van der Waals surface area contributed by atoms with Crippen LogP contribution in [0.15, 0.2) is 53.4 Å². The minimum absolute atomic E-state index is 0.0559. The molecule has 3 aromatic rings. The number of nitrogens with zero attached hydrogens (tertiary/aromatic N) is 3. The number of hydrogen-bond acceptors (Lipinski definition) is 5. The summed E-state index contributed by atoms with van der Waals surface area (Å²) in [5.41, 5.74) is 1.05. The van der Waals surface area contributed by atoms with E-state index in [1.165, 1.54) is 18.2 Å².